The molecule has 0 fully saturated rings. The molecule has 0 saturated carbocycles. The Labute approximate surface area is 111 Å². The van der Waals surface area contributed by atoms with Gasteiger partial charge in [-0.3, -0.25) is 4.68 Å². The first-order valence-corrected chi connectivity index (χ1v) is 6.19. The monoisotopic (exact) mass is 253 g/mol. The second-order valence-electron chi connectivity index (χ2n) is 4.42. The molecule has 0 amide bonds. The molecule has 0 aliphatic rings. The molecule has 4 nitrogen and oxygen atoms in total. The van der Waals surface area contributed by atoms with Crippen LogP contribution in [0.2, 0.25) is 0 Å². The van der Waals surface area contributed by atoms with Gasteiger partial charge in [-0.05, 0) is 11.6 Å². The van der Waals surface area contributed by atoms with Gasteiger partial charge in [0, 0.05) is 23.9 Å². The number of benzene rings is 1. The molecule has 19 heavy (non-hydrogen) atoms. The average Bonchev–Trinajstić information content (AvgIpc) is 3.09. The van der Waals surface area contributed by atoms with Crippen molar-refractivity contribution in [2.75, 3.05) is 0 Å². The summed E-state index contributed by atoms with van der Waals surface area (Å²) in [7, 11) is 0. The minimum atomic E-state index is 0.498. The van der Waals surface area contributed by atoms with Gasteiger partial charge in [0.1, 0.15) is 5.76 Å². The van der Waals surface area contributed by atoms with Crippen molar-refractivity contribution >= 4 is 0 Å². The number of hydrogen-bond acceptors (Lipinski definition) is 3. The van der Waals surface area contributed by atoms with E-state index in [9.17, 15) is 0 Å². The van der Waals surface area contributed by atoms with Crippen LogP contribution in [0.25, 0.3) is 11.1 Å². The van der Waals surface area contributed by atoms with Crippen molar-refractivity contribution in [2.24, 2.45) is 5.73 Å². The molecule has 0 spiro atoms. The Balaban J connectivity index is 1.78. The smallest absolute Gasteiger partial charge is 0.125 e. The van der Waals surface area contributed by atoms with Gasteiger partial charge in [0.15, 0.2) is 0 Å². The maximum absolute atomic E-state index is 5.55. The lowest BCUT2D eigenvalue weighted by atomic mass is 10.1. The minimum Gasteiger partial charge on any atom is -0.467 e. The van der Waals surface area contributed by atoms with E-state index >= 15 is 0 Å². The predicted molar refractivity (Wildman–Crippen MR) is 73.4 cm³/mol. The third-order valence-electron chi connectivity index (χ3n) is 3.00. The zero-order chi connectivity index (χ0) is 13.1. The van der Waals surface area contributed by atoms with Crippen LogP contribution in [0, 0.1) is 0 Å². The van der Waals surface area contributed by atoms with Gasteiger partial charge >= 0.3 is 0 Å². The van der Waals surface area contributed by atoms with Crippen molar-refractivity contribution in [2.45, 2.75) is 13.1 Å². The van der Waals surface area contributed by atoms with Crippen LogP contribution in [0.1, 0.15) is 11.3 Å². The van der Waals surface area contributed by atoms with E-state index in [1.807, 2.05) is 41.3 Å². The van der Waals surface area contributed by atoms with Crippen LogP contribution in [0.15, 0.2) is 59.5 Å². The summed E-state index contributed by atoms with van der Waals surface area (Å²) in [6.45, 7) is 1.12. The lowest BCUT2D eigenvalue weighted by Gasteiger charge is -1.97. The Bertz CT molecular complexity index is 655. The molecule has 3 rings (SSSR count). The third-order valence-corrected chi connectivity index (χ3v) is 3.00. The van der Waals surface area contributed by atoms with Crippen molar-refractivity contribution in [3.05, 3.63) is 66.4 Å². The molecule has 1 aromatic carbocycles. The summed E-state index contributed by atoms with van der Waals surface area (Å²) in [5.74, 6) is 0.864. The fourth-order valence-corrected chi connectivity index (χ4v) is 2.01. The van der Waals surface area contributed by atoms with Gasteiger partial charge in [0.2, 0.25) is 0 Å². The lowest BCUT2D eigenvalue weighted by molar-refractivity contribution is 0.479. The first-order chi connectivity index (χ1) is 9.35. The maximum atomic E-state index is 5.55. The van der Waals surface area contributed by atoms with Crippen molar-refractivity contribution in [3.63, 3.8) is 0 Å². The molecule has 3 aromatic rings. The highest BCUT2D eigenvalue weighted by Crippen LogP contribution is 2.18. The molecule has 2 aromatic heterocycles. The molecular formula is C15H15N3O. The lowest BCUT2D eigenvalue weighted by Crippen LogP contribution is -1.98. The van der Waals surface area contributed by atoms with Gasteiger partial charge in [-0.1, -0.05) is 30.3 Å². The Morgan fingerprint density at radius 2 is 2.00 bits per heavy atom. The molecule has 4 heteroatoms. The first-order valence-electron chi connectivity index (χ1n) is 6.19. The normalized spacial score (nSPS) is 10.8. The summed E-state index contributed by atoms with van der Waals surface area (Å²) in [5.41, 5.74) is 8.83. The molecule has 0 radical (unpaired) electrons. The summed E-state index contributed by atoms with van der Waals surface area (Å²) in [6, 6.07) is 12.1. The van der Waals surface area contributed by atoms with E-state index in [1.54, 1.807) is 6.26 Å². The molecule has 96 valence electrons. The molecule has 0 bridgehead atoms. The van der Waals surface area contributed by atoms with Crippen LogP contribution < -0.4 is 5.73 Å². The molecule has 0 saturated heterocycles. The Hall–Kier alpha value is -2.33. The fourth-order valence-electron chi connectivity index (χ4n) is 2.01. The number of hydrogen-bond donors (Lipinski definition) is 1. The minimum absolute atomic E-state index is 0.498. The van der Waals surface area contributed by atoms with Crippen molar-refractivity contribution in [1.29, 1.82) is 0 Å². The molecule has 0 unspecified atom stereocenters. The molecule has 2 N–H and O–H groups in total. The summed E-state index contributed by atoms with van der Waals surface area (Å²) in [6.07, 6.45) is 5.57. The van der Waals surface area contributed by atoms with Gasteiger partial charge in [-0.25, -0.2) is 0 Å². The van der Waals surface area contributed by atoms with E-state index in [0.717, 1.165) is 22.5 Å². The Morgan fingerprint density at radius 3 is 2.74 bits per heavy atom. The van der Waals surface area contributed by atoms with Crippen LogP contribution in [-0.2, 0) is 13.1 Å². The van der Waals surface area contributed by atoms with E-state index in [1.165, 1.54) is 0 Å². The molecular weight excluding hydrogens is 238 g/mol. The van der Waals surface area contributed by atoms with Crippen LogP contribution >= 0.6 is 0 Å². The maximum Gasteiger partial charge on any atom is 0.125 e. The molecule has 0 aliphatic carbocycles. The SMILES string of the molecule is NCc1coc(Cn2cc(-c3ccccc3)cn2)c1. The van der Waals surface area contributed by atoms with E-state index in [2.05, 4.69) is 17.2 Å². The standard InChI is InChI=1S/C15H15N3O/c16-7-12-6-15(19-11-12)10-18-9-14(8-17-18)13-4-2-1-3-5-13/h1-6,8-9,11H,7,10,16H2. The summed E-state index contributed by atoms with van der Waals surface area (Å²) in [5, 5.41) is 4.35. The summed E-state index contributed by atoms with van der Waals surface area (Å²) >= 11 is 0. The zero-order valence-electron chi connectivity index (χ0n) is 10.5. The van der Waals surface area contributed by atoms with Crippen LogP contribution in [-0.4, -0.2) is 9.78 Å². The number of aromatic nitrogens is 2. The zero-order valence-corrected chi connectivity index (χ0v) is 10.5. The predicted octanol–water partition coefficient (Wildman–Crippen LogP) is 2.65. The quantitative estimate of drug-likeness (QED) is 0.777. The van der Waals surface area contributed by atoms with Gasteiger partial charge in [0.25, 0.3) is 0 Å². The third kappa shape index (κ3) is 2.58. The summed E-state index contributed by atoms with van der Waals surface area (Å²) < 4.78 is 7.30. The highest BCUT2D eigenvalue weighted by atomic mass is 16.3. The van der Waals surface area contributed by atoms with E-state index < -0.39 is 0 Å². The fraction of sp³-hybridized carbons (Fsp3) is 0.133. The number of furan rings is 1. The van der Waals surface area contributed by atoms with E-state index in [4.69, 9.17) is 10.2 Å². The summed E-state index contributed by atoms with van der Waals surface area (Å²) in [4.78, 5) is 0. The number of nitrogens with zero attached hydrogens (tertiary/aromatic N) is 2. The largest absolute Gasteiger partial charge is 0.467 e. The second kappa shape index (κ2) is 5.12. The van der Waals surface area contributed by atoms with E-state index in [-0.39, 0.29) is 0 Å². The number of rotatable bonds is 4. The highest BCUT2D eigenvalue weighted by molar-refractivity contribution is 5.61. The van der Waals surface area contributed by atoms with Gasteiger partial charge in [-0.15, -0.1) is 0 Å². The van der Waals surface area contributed by atoms with Gasteiger partial charge in [-0.2, -0.15) is 5.10 Å². The number of nitrogens with two attached hydrogens (primary N) is 1. The van der Waals surface area contributed by atoms with Gasteiger partial charge in [0.05, 0.1) is 19.0 Å². The molecule has 0 aliphatic heterocycles. The van der Waals surface area contributed by atoms with Crippen LogP contribution in [0.4, 0.5) is 0 Å². The van der Waals surface area contributed by atoms with Crippen LogP contribution in [0.5, 0.6) is 0 Å². The van der Waals surface area contributed by atoms with Gasteiger partial charge < -0.3 is 10.2 Å². The molecule has 0 atom stereocenters. The topological polar surface area (TPSA) is 57.0 Å². The average molecular weight is 253 g/mol. The second-order valence-corrected chi connectivity index (χ2v) is 4.42. The van der Waals surface area contributed by atoms with E-state index in [0.29, 0.717) is 13.1 Å². The molecule has 2 heterocycles. The van der Waals surface area contributed by atoms with Crippen molar-refractivity contribution in [1.82, 2.24) is 9.78 Å². The van der Waals surface area contributed by atoms with Crippen LogP contribution in [0.3, 0.4) is 0 Å². The van der Waals surface area contributed by atoms with Crippen molar-refractivity contribution < 1.29 is 4.42 Å². The Morgan fingerprint density at radius 1 is 1.16 bits per heavy atom. The Kier molecular flexibility index (Phi) is 3.16. The van der Waals surface area contributed by atoms with Crippen molar-refractivity contribution in [3.8, 4) is 11.1 Å². The first kappa shape index (κ1) is 11.7. The highest BCUT2D eigenvalue weighted by Gasteiger charge is 2.04.